The molecule has 0 radical (unpaired) electrons. The van der Waals surface area contributed by atoms with Gasteiger partial charge in [0.1, 0.15) is 0 Å². The van der Waals surface area contributed by atoms with Gasteiger partial charge in [-0.2, -0.15) is 0 Å². The van der Waals surface area contributed by atoms with Gasteiger partial charge in [-0.15, -0.1) is 0 Å². The smallest absolute Gasteiger partial charge is 0.316 e. The molecule has 0 saturated heterocycles. The number of hydrogen-bond acceptors (Lipinski definition) is 4. The van der Waals surface area contributed by atoms with Crippen molar-refractivity contribution in [1.29, 1.82) is 0 Å². The Kier molecular flexibility index (Phi) is 4.75. The number of benzene rings is 2. The summed E-state index contributed by atoms with van der Waals surface area (Å²) >= 11 is 0. The quantitative estimate of drug-likeness (QED) is 0.581. The van der Waals surface area contributed by atoms with Crippen molar-refractivity contribution >= 4 is 29.1 Å². The highest BCUT2D eigenvalue weighted by Crippen LogP contribution is 2.16. The summed E-state index contributed by atoms with van der Waals surface area (Å²) in [5.41, 5.74) is 8.57. The zero-order valence-electron chi connectivity index (χ0n) is 12.8. The third kappa shape index (κ3) is 4.16. The Hall–Kier alpha value is -3.15. The summed E-state index contributed by atoms with van der Waals surface area (Å²) in [5.74, 6) is -2.58. The van der Waals surface area contributed by atoms with Crippen LogP contribution in [-0.4, -0.2) is 17.7 Å². The first-order valence-electron chi connectivity index (χ1n) is 6.96. The molecule has 2 rings (SSSR count). The fourth-order valence-electron chi connectivity index (χ4n) is 1.92. The number of carbonyl (C=O) groups excluding carboxylic acids is 3. The number of nitrogens with two attached hydrogens (primary N) is 1. The minimum absolute atomic E-state index is 0.243. The van der Waals surface area contributed by atoms with Crippen LogP contribution in [0.25, 0.3) is 0 Å². The normalized spacial score (nSPS) is 10.0. The van der Waals surface area contributed by atoms with Crippen molar-refractivity contribution in [1.82, 2.24) is 5.32 Å². The summed E-state index contributed by atoms with van der Waals surface area (Å²) in [4.78, 5) is 35.6. The fraction of sp³-hybridized carbons (Fsp3) is 0.118. The summed E-state index contributed by atoms with van der Waals surface area (Å²) in [5, 5.41) is 4.53. The second-order valence-electron chi connectivity index (χ2n) is 5.18. The zero-order chi connectivity index (χ0) is 17.0. The van der Waals surface area contributed by atoms with Crippen molar-refractivity contribution < 1.29 is 14.4 Å². The van der Waals surface area contributed by atoms with Crippen molar-refractivity contribution in [2.45, 2.75) is 13.8 Å². The monoisotopic (exact) mass is 311 g/mol. The van der Waals surface area contributed by atoms with E-state index < -0.39 is 17.7 Å². The van der Waals surface area contributed by atoms with Crippen LogP contribution in [0.15, 0.2) is 42.5 Å². The average Bonchev–Trinajstić information content (AvgIpc) is 2.51. The van der Waals surface area contributed by atoms with Crippen molar-refractivity contribution in [3.63, 3.8) is 0 Å². The SMILES string of the molecule is Cc1ccc(C)c(NC(=O)C(=O)NC(=O)c2ccc(N)cc2)c1. The second-order valence-corrected chi connectivity index (χ2v) is 5.18. The standard InChI is InChI=1S/C17H17N3O3/c1-10-3-4-11(2)14(9-10)19-16(22)17(23)20-15(21)12-5-7-13(18)8-6-12/h3-9H,18H2,1-2H3,(H,19,22)(H,20,21,23). The number of aryl methyl sites for hydroxylation is 2. The van der Waals surface area contributed by atoms with E-state index in [9.17, 15) is 14.4 Å². The third-order valence-corrected chi connectivity index (χ3v) is 3.25. The van der Waals surface area contributed by atoms with E-state index in [0.29, 0.717) is 11.4 Å². The van der Waals surface area contributed by atoms with E-state index in [-0.39, 0.29) is 5.56 Å². The number of imide groups is 1. The lowest BCUT2D eigenvalue weighted by Crippen LogP contribution is -2.39. The van der Waals surface area contributed by atoms with E-state index >= 15 is 0 Å². The summed E-state index contributed by atoms with van der Waals surface area (Å²) in [7, 11) is 0. The Balaban J connectivity index is 2.02. The molecule has 0 aliphatic rings. The molecule has 0 saturated carbocycles. The summed E-state index contributed by atoms with van der Waals surface area (Å²) < 4.78 is 0. The predicted molar refractivity (Wildman–Crippen MR) is 87.9 cm³/mol. The van der Waals surface area contributed by atoms with Gasteiger partial charge in [-0.3, -0.25) is 19.7 Å². The lowest BCUT2D eigenvalue weighted by molar-refractivity contribution is -0.135. The molecule has 4 N–H and O–H groups in total. The fourth-order valence-corrected chi connectivity index (χ4v) is 1.92. The summed E-state index contributed by atoms with van der Waals surface area (Å²) in [6.07, 6.45) is 0. The van der Waals surface area contributed by atoms with Crippen LogP contribution in [0.4, 0.5) is 11.4 Å². The summed E-state index contributed by atoms with van der Waals surface area (Å²) in [6.45, 7) is 3.69. The van der Waals surface area contributed by atoms with Gasteiger partial charge in [0.25, 0.3) is 5.91 Å². The van der Waals surface area contributed by atoms with E-state index in [2.05, 4.69) is 5.32 Å². The molecule has 0 unspecified atom stereocenters. The van der Waals surface area contributed by atoms with Gasteiger partial charge in [-0.25, -0.2) is 0 Å². The van der Waals surface area contributed by atoms with E-state index in [1.807, 2.05) is 31.3 Å². The molecule has 23 heavy (non-hydrogen) atoms. The molecule has 2 aromatic carbocycles. The number of nitrogens with one attached hydrogen (secondary N) is 2. The largest absolute Gasteiger partial charge is 0.399 e. The van der Waals surface area contributed by atoms with Crippen LogP contribution >= 0.6 is 0 Å². The molecule has 0 spiro atoms. The van der Waals surface area contributed by atoms with Crippen LogP contribution in [0.1, 0.15) is 21.5 Å². The Morgan fingerprint density at radius 2 is 1.57 bits per heavy atom. The molecule has 0 aliphatic carbocycles. The molecule has 0 atom stereocenters. The topological polar surface area (TPSA) is 101 Å². The molecule has 3 amide bonds. The van der Waals surface area contributed by atoms with Crippen LogP contribution < -0.4 is 16.4 Å². The first-order valence-corrected chi connectivity index (χ1v) is 6.96. The van der Waals surface area contributed by atoms with Gasteiger partial charge in [0.05, 0.1) is 0 Å². The van der Waals surface area contributed by atoms with Crippen molar-refractivity contribution in [3.05, 3.63) is 59.2 Å². The zero-order valence-corrected chi connectivity index (χ0v) is 12.8. The Labute approximate surface area is 133 Å². The highest BCUT2D eigenvalue weighted by molar-refractivity contribution is 6.42. The van der Waals surface area contributed by atoms with E-state index in [1.165, 1.54) is 24.3 Å². The number of anilines is 2. The minimum Gasteiger partial charge on any atom is -0.399 e. The van der Waals surface area contributed by atoms with Gasteiger partial charge in [0.15, 0.2) is 0 Å². The molecule has 2 aromatic rings. The Morgan fingerprint density at radius 3 is 2.22 bits per heavy atom. The molecule has 118 valence electrons. The number of amides is 3. The lowest BCUT2D eigenvalue weighted by atomic mass is 10.1. The van der Waals surface area contributed by atoms with Crippen LogP contribution in [-0.2, 0) is 9.59 Å². The third-order valence-electron chi connectivity index (χ3n) is 3.25. The number of carbonyl (C=O) groups is 3. The van der Waals surface area contributed by atoms with Gasteiger partial charge in [-0.1, -0.05) is 12.1 Å². The molecule has 0 aromatic heterocycles. The molecule has 0 bridgehead atoms. The average molecular weight is 311 g/mol. The predicted octanol–water partition coefficient (Wildman–Crippen LogP) is 1.78. The maximum absolute atomic E-state index is 11.9. The van der Waals surface area contributed by atoms with Gasteiger partial charge < -0.3 is 11.1 Å². The Morgan fingerprint density at radius 1 is 0.913 bits per heavy atom. The maximum atomic E-state index is 11.9. The van der Waals surface area contributed by atoms with Gasteiger partial charge >= 0.3 is 11.8 Å². The molecule has 6 heteroatoms. The van der Waals surface area contributed by atoms with Crippen molar-refractivity contribution in [3.8, 4) is 0 Å². The molecular weight excluding hydrogens is 294 g/mol. The van der Waals surface area contributed by atoms with Crippen LogP contribution in [0.5, 0.6) is 0 Å². The lowest BCUT2D eigenvalue weighted by Gasteiger charge is -2.09. The Bertz CT molecular complexity index is 767. The van der Waals surface area contributed by atoms with E-state index in [4.69, 9.17) is 5.73 Å². The summed E-state index contributed by atoms with van der Waals surface area (Å²) in [6, 6.07) is 11.5. The van der Waals surface area contributed by atoms with Gasteiger partial charge in [0, 0.05) is 16.9 Å². The van der Waals surface area contributed by atoms with Crippen LogP contribution in [0.3, 0.4) is 0 Å². The molecular formula is C17H17N3O3. The number of hydrogen-bond donors (Lipinski definition) is 3. The molecule has 0 aliphatic heterocycles. The van der Waals surface area contributed by atoms with Crippen molar-refractivity contribution in [2.75, 3.05) is 11.1 Å². The van der Waals surface area contributed by atoms with E-state index in [1.54, 1.807) is 6.07 Å². The van der Waals surface area contributed by atoms with Crippen LogP contribution in [0.2, 0.25) is 0 Å². The van der Waals surface area contributed by atoms with E-state index in [0.717, 1.165) is 11.1 Å². The van der Waals surface area contributed by atoms with Crippen molar-refractivity contribution in [2.24, 2.45) is 0 Å². The van der Waals surface area contributed by atoms with Gasteiger partial charge in [-0.05, 0) is 55.3 Å². The first kappa shape index (κ1) is 16.2. The second kappa shape index (κ2) is 6.74. The minimum atomic E-state index is -1.02. The number of nitrogen functional groups attached to an aromatic ring is 1. The first-order chi connectivity index (χ1) is 10.9. The maximum Gasteiger partial charge on any atom is 0.316 e. The molecule has 6 nitrogen and oxygen atoms in total. The highest BCUT2D eigenvalue weighted by atomic mass is 16.2. The highest BCUT2D eigenvalue weighted by Gasteiger charge is 2.18. The van der Waals surface area contributed by atoms with Crippen LogP contribution in [0, 0.1) is 13.8 Å². The molecule has 0 fully saturated rings. The molecule has 0 heterocycles. The van der Waals surface area contributed by atoms with Gasteiger partial charge in [0.2, 0.25) is 0 Å². The number of rotatable bonds is 2.